The Labute approximate surface area is 243 Å². The van der Waals surface area contributed by atoms with Crippen molar-refractivity contribution in [2.45, 2.75) is 50.7 Å². The van der Waals surface area contributed by atoms with E-state index in [0.717, 1.165) is 24.3 Å². The molecule has 3 aliphatic rings. The van der Waals surface area contributed by atoms with Gasteiger partial charge < -0.3 is 21.1 Å². The molecule has 3 aliphatic heterocycles. The molecule has 0 aromatic heterocycles. The number of piperidine rings is 3. The molecule has 0 spiro atoms. The third-order valence-electron chi connectivity index (χ3n) is 8.88. The number of benzene rings is 3. The molecule has 7 heteroatoms. The van der Waals surface area contributed by atoms with Gasteiger partial charge in [-0.1, -0.05) is 86.6 Å². The molecule has 7 nitrogen and oxygen atoms in total. The van der Waals surface area contributed by atoms with Crippen LogP contribution >= 0.6 is 0 Å². The van der Waals surface area contributed by atoms with Crippen LogP contribution in [0.4, 0.5) is 0 Å². The standard InChI is InChI=1S/C34H42N4O3/c1-22(2)25-14-15-29(41-3)26(18-25)19-36-32-27-16-17-38(21-28(27)34(40)37-20-30(35)39)33(32)31(23-10-6-4-7-11-23)24-12-8-5-9-13-24/h4-15,18,22,27-28,31-33,36H,16-17,19-21H2,1-3H3,(H2,35,39)(H,37,40)/t27-,28-,32-,33+/m0/s1. The maximum atomic E-state index is 13.4. The molecule has 6 rings (SSSR count). The predicted octanol–water partition coefficient (Wildman–Crippen LogP) is 4.03. The lowest BCUT2D eigenvalue weighted by atomic mass is 9.66. The molecule has 5 atom stereocenters. The maximum absolute atomic E-state index is 13.4. The van der Waals surface area contributed by atoms with Gasteiger partial charge in [-0.05, 0) is 47.6 Å². The van der Waals surface area contributed by atoms with Gasteiger partial charge in [-0.25, -0.2) is 0 Å². The summed E-state index contributed by atoms with van der Waals surface area (Å²) in [4.78, 5) is 27.3. The van der Waals surface area contributed by atoms with Crippen LogP contribution in [-0.2, 0) is 16.1 Å². The van der Waals surface area contributed by atoms with E-state index in [4.69, 9.17) is 10.5 Å². The second-order valence-corrected chi connectivity index (χ2v) is 11.7. The Morgan fingerprint density at radius 2 is 1.63 bits per heavy atom. The van der Waals surface area contributed by atoms with E-state index >= 15 is 0 Å². The lowest BCUT2D eigenvalue weighted by Gasteiger charge is -2.56. The van der Waals surface area contributed by atoms with Gasteiger partial charge in [0.1, 0.15) is 5.75 Å². The summed E-state index contributed by atoms with van der Waals surface area (Å²) in [6.45, 7) is 6.46. The number of carbonyl (C=O) groups excluding carboxylic acids is 2. The fraction of sp³-hybridized carbons (Fsp3) is 0.412. The largest absolute Gasteiger partial charge is 0.496 e. The van der Waals surface area contributed by atoms with Crippen LogP contribution in [0.3, 0.4) is 0 Å². The highest BCUT2D eigenvalue weighted by Crippen LogP contribution is 2.44. The number of nitrogens with zero attached hydrogens (tertiary/aromatic N) is 1. The van der Waals surface area contributed by atoms with Crippen molar-refractivity contribution in [2.24, 2.45) is 17.6 Å². The summed E-state index contributed by atoms with van der Waals surface area (Å²) in [7, 11) is 1.71. The van der Waals surface area contributed by atoms with Crippen LogP contribution in [0.5, 0.6) is 5.75 Å². The second kappa shape index (κ2) is 12.9. The molecule has 1 unspecified atom stereocenters. The van der Waals surface area contributed by atoms with Crippen molar-refractivity contribution in [1.29, 1.82) is 0 Å². The fourth-order valence-electron chi connectivity index (χ4n) is 6.88. The first-order chi connectivity index (χ1) is 19.9. The van der Waals surface area contributed by atoms with Gasteiger partial charge >= 0.3 is 0 Å². The van der Waals surface area contributed by atoms with Crippen molar-refractivity contribution in [1.82, 2.24) is 15.5 Å². The Kier molecular flexibility index (Phi) is 9.06. The molecule has 216 valence electrons. The third-order valence-corrected chi connectivity index (χ3v) is 8.88. The summed E-state index contributed by atoms with van der Waals surface area (Å²) in [5.41, 5.74) is 10.2. The maximum Gasteiger partial charge on any atom is 0.236 e. The summed E-state index contributed by atoms with van der Waals surface area (Å²) < 4.78 is 5.75. The highest BCUT2D eigenvalue weighted by atomic mass is 16.5. The fourth-order valence-corrected chi connectivity index (χ4v) is 6.88. The average Bonchev–Trinajstić information content (AvgIpc) is 3.00. The first-order valence-corrected chi connectivity index (χ1v) is 14.7. The van der Waals surface area contributed by atoms with Crippen molar-refractivity contribution >= 4 is 11.8 Å². The van der Waals surface area contributed by atoms with Crippen LogP contribution < -0.4 is 21.1 Å². The first kappa shape index (κ1) is 28.8. The van der Waals surface area contributed by atoms with Crippen molar-refractivity contribution in [2.75, 3.05) is 26.7 Å². The van der Waals surface area contributed by atoms with Crippen LogP contribution in [-0.4, -0.2) is 55.5 Å². The number of hydrogen-bond donors (Lipinski definition) is 3. The van der Waals surface area contributed by atoms with E-state index in [-0.39, 0.29) is 42.3 Å². The van der Waals surface area contributed by atoms with E-state index in [1.54, 1.807) is 7.11 Å². The van der Waals surface area contributed by atoms with Gasteiger partial charge in [0.25, 0.3) is 0 Å². The van der Waals surface area contributed by atoms with Crippen molar-refractivity contribution < 1.29 is 14.3 Å². The quantitative estimate of drug-likeness (QED) is 0.333. The number of nitrogens with one attached hydrogen (secondary N) is 2. The van der Waals surface area contributed by atoms with Crippen LogP contribution in [0.15, 0.2) is 78.9 Å². The second-order valence-electron chi connectivity index (χ2n) is 11.7. The van der Waals surface area contributed by atoms with Crippen LogP contribution in [0.1, 0.15) is 54.4 Å². The first-order valence-electron chi connectivity index (χ1n) is 14.7. The Bertz CT molecular complexity index is 1290. The molecule has 3 saturated heterocycles. The number of hydrogen-bond acceptors (Lipinski definition) is 5. The van der Waals surface area contributed by atoms with Gasteiger partial charge in [0.2, 0.25) is 11.8 Å². The predicted molar refractivity (Wildman–Crippen MR) is 162 cm³/mol. The highest BCUT2D eigenvalue weighted by Gasteiger charge is 2.52. The number of carbonyl (C=O) groups is 2. The summed E-state index contributed by atoms with van der Waals surface area (Å²) >= 11 is 0. The minimum Gasteiger partial charge on any atom is -0.496 e. The van der Waals surface area contributed by atoms with E-state index in [1.807, 2.05) is 0 Å². The molecule has 4 N–H and O–H groups in total. The van der Waals surface area contributed by atoms with Crippen LogP contribution in [0, 0.1) is 11.8 Å². The van der Waals surface area contributed by atoms with Crippen molar-refractivity contribution in [3.63, 3.8) is 0 Å². The highest BCUT2D eigenvalue weighted by molar-refractivity contribution is 5.85. The molecule has 3 aromatic rings. The molecule has 0 aliphatic carbocycles. The normalized spacial score (nSPS) is 23.5. The zero-order valence-corrected chi connectivity index (χ0v) is 24.3. The number of ether oxygens (including phenoxy) is 1. The number of methoxy groups -OCH3 is 1. The molecular formula is C34H42N4O3. The zero-order chi connectivity index (χ0) is 28.9. The van der Waals surface area contributed by atoms with Gasteiger partial charge in [-0.2, -0.15) is 0 Å². The number of amides is 2. The molecule has 41 heavy (non-hydrogen) atoms. The molecule has 2 amide bonds. The van der Waals surface area contributed by atoms with E-state index in [1.165, 1.54) is 16.7 Å². The number of primary amides is 1. The van der Waals surface area contributed by atoms with Crippen molar-refractivity contribution in [3.8, 4) is 5.75 Å². The van der Waals surface area contributed by atoms with E-state index in [0.29, 0.717) is 19.0 Å². The lowest BCUT2D eigenvalue weighted by Crippen LogP contribution is -2.69. The Morgan fingerprint density at radius 1 is 0.976 bits per heavy atom. The lowest BCUT2D eigenvalue weighted by molar-refractivity contribution is -0.136. The molecule has 3 heterocycles. The minimum absolute atomic E-state index is 0.0275. The number of rotatable bonds is 11. The van der Waals surface area contributed by atoms with Gasteiger partial charge in [0.05, 0.1) is 19.6 Å². The molecule has 3 fully saturated rings. The molecular weight excluding hydrogens is 512 g/mol. The Morgan fingerprint density at radius 3 is 2.22 bits per heavy atom. The van der Waals surface area contributed by atoms with Crippen LogP contribution in [0.2, 0.25) is 0 Å². The number of fused-ring (bicyclic) bond motifs is 3. The average molecular weight is 555 g/mol. The molecule has 2 bridgehead atoms. The van der Waals surface area contributed by atoms with E-state index < -0.39 is 5.91 Å². The summed E-state index contributed by atoms with van der Waals surface area (Å²) in [6, 6.07) is 28.0. The van der Waals surface area contributed by atoms with Crippen molar-refractivity contribution in [3.05, 3.63) is 101 Å². The Hall–Kier alpha value is -3.68. The van der Waals surface area contributed by atoms with Crippen LogP contribution in [0.25, 0.3) is 0 Å². The molecule has 0 saturated carbocycles. The minimum atomic E-state index is -0.530. The monoisotopic (exact) mass is 554 g/mol. The zero-order valence-electron chi connectivity index (χ0n) is 24.3. The summed E-state index contributed by atoms with van der Waals surface area (Å²) in [6.07, 6.45) is 0.905. The van der Waals surface area contributed by atoms with E-state index in [2.05, 4.69) is 108 Å². The van der Waals surface area contributed by atoms with Gasteiger partial charge in [0, 0.05) is 36.7 Å². The third kappa shape index (κ3) is 6.31. The van der Waals surface area contributed by atoms with Gasteiger partial charge in [0.15, 0.2) is 0 Å². The summed E-state index contributed by atoms with van der Waals surface area (Å²) in [5.74, 6) is 0.633. The Balaban J connectivity index is 1.53. The summed E-state index contributed by atoms with van der Waals surface area (Å²) in [5, 5.41) is 6.73. The van der Waals surface area contributed by atoms with E-state index in [9.17, 15) is 9.59 Å². The SMILES string of the molecule is COc1ccc(C(C)C)cc1CN[C@H]1[C@H]2CCN(C[C@@H]2C(=O)NCC(N)=O)[C@@H]1C(c1ccccc1)c1ccccc1. The molecule has 0 radical (unpaired) electrons. The van der Waals surface area contributed by atoms with Gasteiger partial charge in [-0.3, -0.25) is 14.5 Å². The smallest absolute Gasteiger partial charge is 0.236 e. The molecule has 3 aromatic carbocycles. The topological polar surface area (TPSA) is 96.7 Å². The number of nitrogens with two attached hydrogens (primary N) is 1. The van der Waals surface area contributed by atoms with Gasteiger partial charge in [-0.15, -0.1) is 0 Å².